The third-order valence-corrected chi connectivity index (χ3v) is 5.23. The van der Waals surface area contributed by atoms with Crippen LogP contribution in [0.4, 0.5) is 14.9 Å². The van der Waals surface area contributed by atoms with Gasteiger partial charge in [0, 0.05) is 23.7 Å². The Balaban J connectivity index is 1.44. The van der Waals surface area contributed by atoms with Crippen LogP contribution in [-0.2, 0) is 25.7 Å². The molecule has 0 spiro atoms. The SMILES string of the molecule is NCC(=O)OCc1cn(-c2ccc(-c3ccc(N4C[C@H](CCC(N)=O)OC4=O)cc3F)cn2)nn1. The van der Waals surface area contributed by atoms with E-state index < -0.39 is 29.9 Å². The lowest BCUT2D eigenvalue weighted by molar-refractivity contribution is -0.143. The van der Waals surface area contributed by atoms with Crippen molar-refractivity contribution < 1.29 is 28.2 Å². The van der Waals surface area contributed by atoms with E-state index in [-0.39, 0.29) is 26.1 Å². The second kappa shape index (κ2) is 10.3. The van der Waals surface area contributed by atoms with E-state index in [9.17, 15) is 18.8 Å². The minimum Gasteiger partial charge on any atom is -0.458 e. The first-order chi connectivity index (χ1) is 16.8. The van der Waals surface area contributed by atoms with Crippen LogP contribution in [0.1, 0.15) is 18.5 Å². The smallest absolute Gasteiger partial charge is 0.414 e. The molecule has 0 radical (unpaired) electrons. The summed E-state index contributed by atoms with van der Waals surface area (Å²) in [6.07, 6.45) is 2.34. The van der Waals surface area contributed by atoms with Crippen molar-refractivity contribution in [2.24, 2.45) is 11.5 Å². The van der Waals surface area contributed by atoms with Crippen molar-refractivity contribution in [1.29, 1.82) is 0 Å². The number of carbonyl (C=O) groups excluding carboxylic acids is 3. The number of anilines is 1. The van der Waals surface area contributed by atoms with E-state index in [2.05, 4.69) is 15.3 Å². The van der Waals surface area contributed by atoms with E-state index in [1.54, 1.807) is 30.5 Å². The fourth-order valence-corrected chi connectivity index (χ4v) is 3.46. The molecule has 4 rings (SSSR count). The van der Waals surface area contributed by atoms with E-state index in [1.165, 1.54) is 21.8 Å². The van der Waals surface area contributed by atoms with Crippen LogP contribution in [0.25, 0.3) is 16.9 Å². The monoisotopic (exact) mass is 483 g/mol. The normalized spacial score (nSPS) is 15.2. The zero-order valence-electron chi connectivity index (χ0n) is 18.5. The number of nitrogens with two attached hydrogens (primary N) is 2. The van der Waals surface area contributed by atoms with Gasteiger partial charge in [0.25, 0.3) is 0 Å². The van der Waals surface area contributed by atoms with E-state index in [0.717, 1.165) is 0 Å². The van der Waals surface area contributed by atoms with Crippen LogP contribution >= 0.6 is 0 Å². The zero-order chi connectivity index (χ0) is 24.9. The summed E-state index contributed by atoms with van der Waals surface area (Å²) in [6, 6.07) is 7.70. The molecular weight excluding hydrogens is 461 g/mol. The van der Waals surface area contributed by atoms with Crippen LogP contribution < -0.4 is 16.4 Å². The minimum atomic E-state index is -0.609. The van der Waals surface area contributed by atoms with Gasteiger partial charge < -0.3 is 20.9 Å². The maximum absolute atomic E-state index is 14.9. The Bertz CT molecular complexity index is 1250. The highest BCUT2D eigenvalue weighted by Gasteiger charge is 2.32. The summed E-state index contributed by atoms with van der Waals surface area (Å²) in [5, 5.41) is 7.84. The summed E-state index contributed by atoms with van der Waals surface area (Å²) < 4.78 is 26.4. The lowest BCUT2D eigenvalue weighted by atomic mass is 10.1. The average Bonchev–Trinajstić information content (AvgIpc) is 3.48. The van der Waals surface area contributed by atoms with Crippen molar-refractivity contribution in [2.75, 3.05) is 18.0 Å². The van der Waals surface area contributed by atoms with E-state index >= 15 is 0 Å². The van der Waals surface area contributed by atoms with Crippen molar-refractivity contribution >= 4 is 23.7 Å². The number of primary amides is 1. The highest BCUT2D eigenvalue weighted by atomic mass is 19.1. The molecule has 2 amide bonds. The molecule has 4 N–H and O–H groups in total. The number of halogens is 1. The maximum Gasteiger partial charge on any atom is 0.414 e. The number of hydrogen-bond donors (Lipinski definition) is 2. The van der Waals surface area contributed by atoms with Gasteiger partial charge >= 0.3 is 12.1 Å². The quantitative estimate of drug-likeness (QED) is 0.423. The van der Waals surface area contributed by atoms with Crippen molar-refractivity contribution in [1.82, 2.24) is 20.0 Å². The van der Waals surface area contributed by atoms with Gasteiger partial charge in [-0.15, -0.1) is 5.10 Å². The van der Waals surface area contributed by atoms with Gasteiger partial charge in [0.1, 0.15) is 24.2 Å². The molecule has 2 aromatic heterocycles. The summed E-state index contributed by atoms with van der Waals surface area (Å²) >= 11 is 0. The summed E-state index contributed by atoms with van der Waals surface area (Å²) in [4.78, 5) is 39.9. The van der Waals surface area contributed by atoms with Crippen LogP contribution in [0.3, 0.4) is 0 Å². The molecule has 0 bridgehead atoms. The molecule has 1 atom stereocenters. The predicted molar refractivity (Wildman–Crippen MR) is 119 cm³/mol. The van der Waals surface area contributed by atoms with Gasteiger partial charge in [-0.3, -0.25) is 14.5 Å². The number of carbonyl (C=O) groups is 3. The number of aromatic nitrogens is 4. The summed E-state index contributed by atoms with van der Waals surface area (Å²) in [7, 11) is 0. The number of esters is 1. The molecule has 1 fully saturated rings. The molecule has 1 aromatic carbocycles. The molecule has 35 heavy (non-hydrogen) atoms. The second-order valence-corrected chi connectivity index (χ2v) is 7.71. The van der Waals surface area contributed by atoms with Crippen molar-refractivity contribution in [2.45, 2.75) is 25.6 Å². The third kappa shape index (κ3) is 5.58. The topological polar surface area (TPSA) is 169 Å². The molecule has 0 saturated carbocycles. The van der Waals surface area contributed by atoms with Crippen molar-refractivity contribution in [3.05, 3.63) is 54.2 Å². The highest BCUT2D eigenvalue weighted by molar-refractivity contribution is 5.90. The summed E-state index contributed by atoms with van der Waals surface area (Å²) in [5.41, 5.74) is 11.9. The highest BCUT2D eigenvalue weighted by Crippen LogP contribution is 2.29. The first-order valence-electron chi connectivity index (χ1n) is 10.6. The number of nitrogens with zero attached hydrogens (tertiary/aromatic N) is 5. The second-order valence-electron chi connectivity index (χ2n) is 7.71. The Kier molecular flexibility index (Phi) is 6.96. The lowest BCUT2D eigenvalue weighted by Crippen LogP contribution is -2.25. The minimum absolute atomic E-state index is 0.0673. The van der Waals surface area contributed by atoms with Gasteiger partial charge in [0.15, 0.2) is 5.82 Å². The fourth-order valence-electron chi connectivity index (χ4n) is 3.46. The molecule has 3 aromatic rings. The van der Waals surface area contributed by atoms with E-state index in [4.69, 9.17) is 20.9 Å². The van der Waals surface area contributed by atoms with Crippen LogP contribution in [0, 0.1) is 5.82 Å². The predicted octanol–water partition coefficient (Wildman–Crippen LogP) is 1.06. The van der Waals surface area contributed by atoms with E-state index in [1.807, 2.05) is 0 Å². The molecular formula is C22H22FN7O5. The zero-order valence-corrected chi connectivity index (χ0v) is 18.5. The van der Waals surface area contributed by atoms with Gasteiger partial charge in [-0.1, -0.05) is 5.21 Å². The first-order valence-corrected chi connectivity index (χ1v) is 10.6. The number of ether oxygens (including phenoxy) is 2. The molecule has 1 aliphatic heterocycles. The van der Waals surface area contributed by atoms with Gasteiger partial charge in [-0.05, 0) is 36.8 Å². The van der Waals surface area contributed by atoms with Gasteiger partial charge in [0.2, 0.25) is 5.91 Å². The third-order valence-electron chi connectivity index (χ3n) is 5.23. The Morgan fingerprint density at radius 3 is 2.77 bits per heavy atom. The largest absolute Gasteiger partial charge is 0.458 e. The summed E-state index contributed by atoms with van der Waals surface area (Å²) in [5.74, 6) is -1.15. The van der Waals surface area contributed by atoms with Gasteiger partial charge in [-0.25, -0.2) is 18.9 Å². The average molecular weight is 483 g/mol. The van der Waals surface area contributed by atoms with E-state index in [0.29, 0.717) is 34.7 Å². The number of rotatable bonds is 9. The lowest BCUT2D eigenvalue weighted by Gasteiger charge is -2.14. The van der Waals surface area contributed by atoms with Gasteiger partial charge in [-0.2, -0.15) is 0 Å². The Morgan fingerprint density at radius 1 is 1.26 bits per heavy atom. The first kappa shape index (κ1) is 23.8. The molecule has 3 heterocycles. The molecule has 1 aliphatic rings. The Hall–Kier alpha value is -4.39. The molecule has 13 heteroatoms. The summed E-state index contributed by atoms with van der Waals surface area (Å²) in [6.45, 7) is -0.0944. The van der Waals surface area contributed by atoms with Crippen LogP contribution in [0.15, 0.2) is 42.7 Å². The fraction of sp³-hybridized carbons (Fsp3) is 0.273. The number of pyridine rings is 1. The van der Waals surface area contributed by atoms with Gasteiger partial charge in [0.05, 0.1) is 25.0 Å². The number of benzene rings is 1. The molecule has 0 unspecified atom stereocenters. The van der Waals surface area contributed by atoms with Crippen LogP contribution in [0.5, 0.6) is 0 Å². The Labute approximate surface area is 198 Å². The Morgan fingerprint density at radius 2 is 2.09 bits per heavy atom. The number of cyclic esters (lactones) is 1. The molecule has 0 aliphatic carbocycles. The van der Waals surface area contributed by atoms with Crippen molar-refractivity contribution in [3.63, 3.8) is 0 Å². The van der Waals surface area contributed by atoms with Crippen molar-refractivity contribution in [3.8, 4) is 16.9 Å². The van der Waals surface area contributed by atoms with Crippen LogP contribution in [0.2, 0.25) is 0 Å². The standard InChI is InChI=1S/C22H22FN7O5/c23-18-7-15(29-11-16(35-22(29)33)3-5-19(25)31)2-4-17(18)13-1-6-20(26-9-13)30-10-14(27-28-30)12-34-21(32)8-24/h1-2,4,6-7,9-10,16H,3,5,8,11-12,24H2,(H2,25,31)/t16-/m0/s1. The maximum atomic E-state index is 14.9. The van der Waals surface area contributed by atoms with Crippen LogP contribution in [-0.4, -0.2) is 57.1 Å². The molecule has 1 saturated heterocycles. The number of amides is 2. The molecule has 12 nitrogen and oxygen atoms in total. The molecule has 182 valence electrons. The number of hydrogen-bond acceptors (Lipinski definition) is 9.